The third-order valence-electron chi connectivity index (χ3n) is 3.53. The van der Waals surface area contributed by atoms with E-state index in [1.165, 1.54) is 0 Å². The van der Waals surface area contributed by atoms with Crippen LogP contribution in [-0.2, 0) is 11.2 Å². The summed E-state index contributed by atoms with van der Waals surface area (Å²) in [5, 5.41) is 0. The van der Waals surface area contributed by atoms with Gasteiger partial charge in [-0.1, -0.05) is 0 Å². The Balaban J connectivity index is 1.79. The van der Waals surface area contributed by atoms with E-state index in [4.69, 9.17) is 15.2 Å². The predicted octanol–water partition coefficient (Wildman–Crippen LogP) is 1.07. The molecule has 2 N–H and O–H groups in total. The summed E-state index contributed by atoms with van der Waals surface area (Å²) in [6.07, 6.45) is 2.69. The Morgan fingerprint density at radius 3 is 3.00 bits per heavy atom. The van der Waals surface area contributed by atoms with E-state index in [0.29, 0.717) is 19.2 Å². The first kappa shape index (κ1) is 15.2. The van der Waals surface area contributed by atoms with Crippen molar-refractivity contribution >= 4 is 0 Å². The highest BCUT2D eigenvalue weighted by molar-refractivity contribution is 5.20. The Labute approximate surface area is 121 Å². The molecule has 0 aromatic carbocycles. The molecule has 1 unspecified atom stereocenters. The minimum Gasteiger partial charge on any atom is -0.489 e. The number of aromatic nitrogens is 1. The van der Waals surface area contributed by atoms with Gasteiger partial charge in [-0.05, 0) is 32.5 Å². The van der Waals surface area contributed by atoms with Crippen molar-refractivity contribution in [3.63, 3.8) is 0 Å². The molecule has 0 saturated carbocycles. The lowest BCUT2D eigenvalue weighted by Gasteiger charge is -2.35. The van der Waals surface area contributed by atoms with E-state index in [1.54, 1.807) is 6.20 Å². The standard InChI is InChI=1S/C15H25N3O2/c1-12(2)18-7-8-19-15(10-18)11-20-14-4-3-13(5-6-16)17-9-14/h3-4,9,12,15H,5-8,10-11,16H2,1-2H3. The van der Waals surface area contributed by atoms with Crippen molar-refractivity contribution in [2.45, 2.75) is 32.4 Å². The molecule has 0 radical (unpaired) electrons. The molecule has 1 aromatic heterocycles. The average Bonchev–Trinajstić information content (AvgIpc) is 2.47. The van der Waals surface area contributed by atoms with Gasteiger partial charge in [-0.25, -0.2) is 0 Å². The van der Waals surface area contributed by atoms with E-state index in [1.807, 2.05) is 12.1 Å². The van der Waals surface area contributed by atoms with Gasteiger partial charge in [0.05, 0.1) is 12.8 Å². The fraction of sp³-hybridized carbons (Fsp3) is 0.667. The molecule has 1 fully saturated rings. The molecule has 1 aliphatic heterocycles. The molecular weight excluding hydrogens is 254 g/mol. The second kappa shape index (κ2) is 7.57. The number of ether oxygens (including phenoxy) is 2. The van der Waals surface area contributed by atoms with Crippen LogP contribution < -0.4 is 10.5 Å². The van der Waals surface area contributed by atoms with Crippen molar-refractivity contribution < 1.29 is 9.47 Å². The van der Waals surface area contributed by atoms with Crippen LogP contribution in [0.4, 0.5) is 0 Å². The molecule has 2 heterocycles. The summed E-state index contributed by atoms with van der Waals surface area (Å²) < 4.78 is 11.5. The second-order valence-corrected chi connectivity index (χ2v) is 5.42. The number of nitrogens with two attached hydrogens (primary N) is 1. The first-order valence-electron chi connectivity index (χ1n) is 7.32. The zero-order valence-corrected chi connectivity index (χ0v) is 12.4. The van der Waals surface area contributed by atoms with E-state index in [2.05, 4.69) is 23.7 Å². The van der Waals surface area contributed by atoms with E-state index in [-0.39, 0.29) is 6.10 Å². The molecule has 112 valence electrons. The Morgan fingerprint density at radius 2 is 2.35 bits per heavy atom. The number of morpholine rings is 1. The minimum absolute atomic E-state index is 0.134. The van der Waals surface area contributed by atoms with Crippen LogP contribution in [0.3, 0.4) is 0 Å². The van der Waals surface area contributed by atoms with Gasteiger partial charge in [0.25, 0.3) is 0 Å². The first-order valence-corrected chi connectivity index (χ1v) is 7.32. The lowest BCUT2D eigenvalue weighted by Crippen LogP contribution is -2.47. The summed E-state index contributed by atoms with van der Waals surface area (Å²) in [6, 6.07) is 4.46. The van der Waals surface area contributed by atoms with E-state index >= 15 is 0 Å². The molecule has 20 heavy (non-hydrogen) atoms. The average molecular weight is 279 g/mol. The summed E-state index contributed by atoms with van der Waals surface area (Å²) in [5.74, 6) is 0.788. The van der Waals surface area contributed by atoms with Crippen LogP contribution in [-0.4, -0.2) is 54.9 Å². The molecular formula is C15H25N3O2. The van der Waals surface area contributed by atoms with Gasteiger partial charge in [0.2, 0.25) is 0 Å². The van der Waals surface area contributed by atoms with Crippen molar-refractivity contribution in [1.29, 1.82) is 0 Å². The summed E-state index contributed by atoms with van der Waals surface area (Å²) in [4.78, 5) is 6.74. The van der Waals surface area contributed by atoms with Crippen LogP contribution in [0.5, 0.6) is 5.75 Å². The zero-order chi connectivity index (χ0) is 14.4. The number of rotatable bonds is 6. The Morgan fingerprint density at radius 1 is 1.50 bits per heavy atom. The van der Waals surface area contributed by atoms with Gasteiger partial charge in [0.1, 0.15) is 18.5 Å². The number of hydrogen-bond donors (Lipinski definition) is 1. The maximum Gasteiger partial charge on any atom is 0.137 e. The van der Waals surface area contributed by atoms with Crippen molar-refractivity contribution in [3.8, 4) is 5.75 Å². The normalized spacial score (nSPS) is 20.3. The lowest BCUT2D eigenvalue weighted by atomic mass is 10.2. The number of hydrogen-bond acceptors (Lipinski definition) is 5. The molecule has 0 bridgehead atoms. The van der Waals surface area contributed by atoms with E-state index in [9.17, 15) is 0 Å². The van der Waals surface area contributed by atoms with E-state index < -0.39 is 0 Å². The maximum atomic E-state index is 5.76. The summed E-state index contributed by atoms with van der Waals surface area (Å²) in [6.45, 7) is 8.32. The van der Waals surface area contributed by atoms with Gasteiger partial charge in [0.15, 0.2) is 0 Å². The SMILES string of the molecule is CC(C)N1CCOC(COc2ccc(CCN)nc2)C1. The Kier molecular flexibility index (Phi) is 5.76. The molecule has 0 amide bonds. The molecule has 0 spiro atoms. The predicted molar refractivity (Wildman–Crippen MR) is 78.9 cm³/mol. The van der Waals surface area contributed by atoms with Crippen molar-refractivity contribution in [2.75, 3.05) is 32.8 Å². The quantitative estimate of drug-likeness (QED) is 0.844. The van der Waals surface area contributed by atoms with E-state index in [0.717, 1.165) is 37.6 Å². The summed E-state index contributed by atoms with van der Waals surface area (Å²) in [5.41, 5.74) is 6.50. The monoisotopic (exact) mass is 279 g/mol. The van der Waals surface area contributed by atoms with Crippen LogP contribution in [0, 0.1) is 0 Å². The largest absolute Gasteiger partial charge is 0.489 e. The Hall–Kier alpha value is -1.17. The van der Waals surface area contributed by atoms with Crippen LogP contribution in [0.15, 0.2) is 18.3 Å². The molecule has 0 aliphatic carbocycles. The molecule has 2 rings (SSSR count). The number of nitrogens with zero attached hydrogens (tertiary/aromatic N) is 2. The molecule has 1 aromatic rings. The van der Waals surface area contributed by atoms with Crippen LogP contribution in [0.1, 0.15) is 19.5 Å². The first-order chi connectivity index (χ1) is 9.69. The topological polar surface area (TPSA) is 60.6 Å². The Bertz CT molecular complexity index is 395. The van der Waals surface area contributed by atoms with Crippen LogP contribution >= 0.6 is 0 Å². The third-order valence-corrected chi connectivity index (χ3v) is 3.53. The maximum absolute atomic E-state index is 5.76. The van der Waals surface area contributed by atoms with Gasteiger partial charge >= 0.3 is 0 Å². The zero-order valence-electron chi connectivity index (χ0n) is 12.4. The third kappa shape index (κ3) is 4.44. The van der Waals surface area contributed by atoms with Crippen molar-refractivity contribution in [3.05, 3.63) is 24.0 Å². The van der Waals surface area contributed by atoms with Crippen molar-refractivity contribution in [2.24, 2.45) is 5.73 Å². The fourth-order valence-electron chi connectivity index (χ4n) is 2.29. The van der Waals surface area contributed by atoms with Crippen LogP contribution in [0.2, 0.25) is 0 Å². The lowest BCUT2D eigenvalue weighted by molar-refractivity contribution is -0.0564. The smallest absolute Gasteiger partial charge is 0.137 e. The number of pyridine rings is 1. The van der Waals surface area contributed by atoms with Gasteiger partial charge in [0, 0.05) is 31.2 Å². The molecule has 5 heteroatoms. The highest BCUT2D eigenvalue weighted by Gasteiger charge is 2.22. The van der Waals surface area contributed by atoms with Gasteiger partial charge < -0.3 is 15.2 Å². The molecule has 1 saturated heterocycles. The highest BCUT2D eigenvalue weighted by atomic mass is 16.5. The second-order valence-electron chi connectivity index (χ2n) is 5.42. The van der Waals surface area contributed by atoms with Gasteiger partial charge in [-0.3, -0.25) is 9.88 Å². The van der Waals surface area contributed by atoms with Crippen molar-refractivity contribution in [1.82, 2.24) is 9.88 Å². The highest BCUT2D eigenvalue weighted by Crippen LogP contribution is 2.13. The summed E-state index contributed by atoms with van der Waals surface area (Å²) in [7, 11) is 0. The van der Waals surface area contributed by atoms with Gasteiger partial charge in [-0.15, -0.1) is 0 Å². The minimum atomic E-state index is 0.134. The summed E-state index contributed by atoms with van der Waals surface area (Å²) >= 11 is 0. The van der Waals surface area contributed by atoms with Gasteiger partial charge in [-0.2, -0.15) is 0 Å². The molecule has 1 atom stereocenters. The molecule has 1 aliphatic rings. The van der Waals surface area contributed by atoms with Crippen LogP contribution in [0.25, 0.3) is 0 Å². The fourth-order valence-corrected chi connectivity index (χ4v) is 2.29. The molecule has 5 nitrogen and oxygen atoms in total.